The zero-order valence-corrected chi connectivity index (χ0v) is 11.6. The lowest BCUT2D eigenvalue weighted by molar-refractivity contribution is -0.120. The van der Waals surface area contributed by atoms with Crippen molar-refractivity contribution >= 4 is 29.0 Å². The van der Waals surface area contributed by atoms with Gasteiger partial charge in [0, 0.05) is 21.8 Å². The standard InChI is InChI=1S/C16H10ClNO3/c17-10-6-7-12-11(8-10)16(15(20)18-12)14(21-16)13(19)9-4-2-1-3-5-9/h1-8,14H,(H,18,20). The van der Waals surface area contributed by atoms with E-state index in [1.54, 1.807) is 42.5 Å². The van der Waals surface area contributed by atoms with E-state index in [9.17, 15) is 9.59 Å². The van der Waals surface area contributed by atoms with Crippen molar-refractivity contribution < 1.29 is 14.3 Å². The maximum Gasteiger partial charge on any atom is 0.264 e. The van der Waals surface area contributed by atoms with E-state index in [2.05, 4.69) is 5.32 Å². The van der Waals surface area contributed by atoms with Crippen LogP contribution in [0.2, 0.25) is 5.02 Å². The Labute approximate surface area is 125 Å². The topological polar surface area (TPSA) is 58.7 Å². The van der Waals surface area contributed by atoms with Crippen LogP contribution in [0.1, 0.15) is 15.9 Å². The summed E-state index contributed by atoms with van der Waals surface area (Å²) in [4.78, 5) is 24.7. The van der Waals surface area contributed by atoms with Crippen molar-refractivity contribution in [3.05, 3.63) is 64.7 Å². The Kier molecular flexibility index (Phi) is 2.49. The molecule has 2 aliphatic rings. The molecule has 2 aliphatic heterocycles. The van der Waals surface area contributed by atoms with E-state index in [-0.39, 0.29) is 11.7 Å². The molecule has 0 aliphatic carbocycles. The molecule has 2 aromatic rings. The summed E-state index contributed by atoms with van der Waals surface area (Å²) < 4.78 is 5.56. The third-order valence-electron chi connectivity index (χ3n) is 3.88. The van der Waals surface area contributed by atoms with Gasteiger partial charge in [-0.3, -0.25) is 9.59 Å². The van der Waals surface area contributed by atoms with Crippen LogP contribution < -0.4 is 5.32 Å². The van der Waals surface area contributed by atoms with Gasteiger partial charge in [-0.05, 0) is 18.2 Å². The van der Waals surface area contributed by atoms with E-state index in [1.165, 1.54) is 0 Å². The van der Waals surface area contributed by atoms with Gasteiger partial charge in [0.05, 0.1) is 0 Å². The Morgan fingerprint density at radius 3 is 2.71 bits per heavy atom. The largest absolute Gasteiger partial charge is 0.342 e. The maximum atomic E-state index is 12.5. The number of hydrogen-bond donors (Lipinski definition) is 1. The second-order valence-corrected chi connectivity index (χ2v) is 5.54. The molecule has 2 heterocycles. The number of epoxide rings is 1. The molecular weight excluding hydrogens is 290 g/mol. The van der Waals surface area contributed by atoms with Gasteiger partial charge in [-0.25, -0.2) is 0 Å². The summed E-state index contributed by atoms with van der Waals surface area (Å²) in [7, 11) is 0. The second kappa shape index (κ2) is 4.16. The third-order valence-corrected chi connectivity index (χ3v) is 4.11. The first kappa shape index (κ1) is 12.6. The van der Waals surface area contributed by atoms with E-state index < -0.39 is 11.7 Å². The minimum Gasteiger partial charge on any atom is -0.342 e. The summed E-state index contributed by atoms with van der Waals surface area (Å²) in [5.74, 6) is -0.507. The van der Waals surface area contributed by atoms with Gasteiger partial charge in [0.25, 0.3) is 5.91 Å². The zero-order chi connectivity index (χ0) is 14.6. The fourth-order valence-electron chi connectivity index (χ4n) is 2.79. The highest BCUT2D eigenvalue weighted by atomic mass is 35.5. The molecule has 0 saturated carbocycles. The molecule has 1 spiro atoms. The van der Waals surface area contributed by atoms with Gasteiger partial charge in [-0.2, -0.15) is 0 Å². The zero-order valence-electron chi connectivity index (χ0n) is 10.8. The molecule has 104 valence electrons. The number of benzene rings is 2. The molecule has 2 unspecified atom stereocenters. The monoisotopic (exact) mass is 299 g/mol. The molecule has 0 bridgehead atoms. The molecule has 0 radical (unpaired) electrons. The fraction of sp³-hybridized carbons (Fsp3) is 0.125. The highest BCUT2D eigenvalue weighted by Gasteiger charge is 2.70. The van der Waals surface area contributed by atoms with Crippen LogP contribution in [0, 0.1) is 0 Å². The predicted octanol–water partition coefficient (Wildman–Crippen LogP) is 2.77. The number of ketones is 1. The van der Waals surface area contributed by atoms with Crippen molar-refractivity contribution in [2.24, 2.45) is 0 Å². The van der Waals surface area contributed by atoms with Gasteiger partial charge in [-0.1, -0.05) is 41.9 Å². The van der Waals surface area contributed by atoms with Crippen LogP contribution in [-0.2, 0) is 15.1 Å². The molecule has 21 heavy (non-hydrogen) atoms. The molecule has 1 amide bonds. The number of hydrogen-bond acceptors (Lipinski definition) is 3. The molecule has 0 aromatic heterocycles. The first-order chi connectivity index (χ1) is 10.1. The first-order valence-corrected chi connectivity index (χ1v) is 6.89. The normalized spacial score (nSPS) is 25.6. The Bertz CT molecular complexity index is 774. The average molecular weight is 300 g/mol. The van der Waals surface area contributed by atoms with Gasteiger partial charge in [0.15, 0.2) is 11.9 Å². The highest BCUT2D eigenvalue weighted by molar-refractivity contribution is 6.31. The number of nitrogens with one attached hydrogen (secondary N) is 1. The van der Waals surface area contributed by atoms with Crippen LogP contribution in [0.5, 0.6) is 0 Å². The van der Waals surface area contributed by atoms with E-state index in [1.807, 2.05) is 6.07 Å². The Morgan fingerprint density at radius 1 is 1.19 bits per heavy atom. The van der Waals surface area contributed by atoms with Crippen molar-refractivity contribution in [3.8, 4) is 0 Å². The summed E-state index contributed by atoms with van der Waals surface area (Å²) in [6.07, 6.45) is -0.792. The average Bonchev–Trinajstić information content (AvgIpc) is 3.19. The van der Waals surface area contributed by atoms with Crippen LogP contribution in [-0.4, -0.2) is 17.8 Å². The molecule has 1 saturated heterocycles. The number of amides is 1. The summed E-state index contributed by atoms with van der Waals surface area (Å²) in [5, 5.41) is 3.24. The first-order valence-electron chi connectivity index (χ1n) is 6.51. The van der Waals surface area contributed by atoms with E-state index >= 15 is 0 Å². The van der Waals surface area contributed by atoms with Crippen LogP contribution >= 0.6 is 11.6 Å². The maximum absolute atomic E-state index is 12.5. The smallest absolute Gasteiger partial charge is 0.264 e. The van der Waals surface area contributed by atoms with Gasteiger partial charge in [0.2, 0.25) is 5.60 Å². The van der Waals surface area contributed by atoms with Crippen LogP contribution in [0.25, 0.3) is 0 Å². The Balaban J connectivity index is 1.74. The minimum atomic E-state index is -1.22. The molecule has 1 fully saturated rings. The summed E-state index contributed by atoms with van der Waals surface area (Å²) in [5.41, 5.74) is 0.595. The number of fused-ring (bicyclic) bond motifs is 2. The predicted molar refractivity (Wildman–Crippen MR) is 77.4 cm³/mol. The van der Waals surface area contributed by atoms with Gasteiger partial charge < -0.3 is 10.1 Å². The number of Topliss-reactive ketones (excluding diaryl/α,β-unsaturated/α-hetero) is 1. The lowest BCUT2D eigenvalue weighted by atomic mass is 9.92. The van der Waals surface area contributed by atoms with Crippen molar-refractivity contribution in [1.82, 2.24) is 0 Å². The van der Waals surface area contributed by atoms with Crippen LogP contribution in [0.4, 0.5) is 5.69 Å². The molecule has 1 N–H and O–H groups in total. The van der Waals surface area contributed by atoms with E-state index in [0.29, 0.717) is 21.8 Å². The van der Waals surface area contributed by atoms with Crippen molar-refractivity contribution in [3.63, 3.8) is 0 Å². The SMILES string of the molecule is O=C(c1ccccc1)C1OC12C(=O)Nc1ccc(Cl)cc12. The summed E-state index contributed by atoms with van der Waals surface area (Å²) in [6.45, 7) is 0. The summed E-state index contributed by atoms with van der Waals surface area (Å²) in [6, 6.07) is 13.9. The number of ether oxygens (including phenoxy) is 1. The van der Waals surface area contributed by atoms with Crippen molar-refractivity contribution in [2.75, 3.05) is 5.32 Å². The number of halogens is 1. The van der Waals surface area contributed by atoms with Gasteiger partial charge in [0.1, 0.15) is 0 Å². The van der Waals surface area contributed by atoms with Crippen LogP contribution in [0.3, 0.4) is 0 Å². The molecule has 5 heteroatoms. The van der Waals surface area contributed by atoms with Gasteiger partial charge >= 0.3 is 0 Å². The van der Waals surface area contributed by atoms with Crippen molar-refractivity contribution in [2.45, 2.75) is 11.7 Å². The lowest BCUT2D eigenvalue weighted by Crippen LogP contribution is -2.27. The highest BCUT2D eigenvalue weighted by Crippen LogP contribution is 2.54. The number of anilines is 1. The quantitative estimate of drug-likeness (QED) is 0.685. The third kappa shape index (κ3) is 1.66. The fourth-order valence-corrected chi connectivity index (χ4v) is 2.96. The Hall–Kier alpha value is -2.17. The minimum absolute atomic E-state index is 0.196. The molecule has 2 atom stereocenters. The second-order valence-electron chi connectivity index (χ2n) is 5.11. The molecule has 2 aromatic carbocycles. The van der Waals surface area contributed by atoms with Crippen LogP contribution in [0.15, 0.2) is 48.5 Å². The Morgan fingerprint density at radius 2 is 1.95 bits per heavy atom. The lowest BCUT2D eigenvalue weighted by Gasteiger charge is -2.03. The molecule has 4 rings (SSSR count). The summed E-state index contributed by atoms with van der Waals surface area (Å²) >= 11 is 5.99. The number of rotatable bonds is 2. The molecule has 4 nitrogen and oxygen atoms in total. The number of carbonyl (C=O) groups is 2. The molecular formula is C16H10ClNO3. The number of carbonyl (C=O) groups excluding carboxylic acids is 2. The van der Waals surface area contributed by atoms with E-state index in [0.717, 1.165) is 0 Å². The van der Waals surface area contributed by atoms with Crippen molar-refractivity contribution in [1.29, 1.82) is 0 Å². The van der Waals surface area contributed by atoms with Gasteiger partial charge in [-0.15, -0.1) is 0 Å². The van der Waals surface area contributed by atoms with E-state index in [4.69, 9.17) is 16.3 Å².